The van der Waals surface area contributed by atoms with Crippen molar-refractivity contribution in [3.63, 3.8) is 0 Å². The van der Waals surface area contributed by atoms with Crippen molar-refractivity contribution in [1.82, 2.24) is 0 Å². The number of carbonyl (C=O) groups is 1. The van der Waals surface area contributed by atoms with E-state index in [2.05, 4.69) is 36.6 Å². The fourth-order valence-electron chi connectivity index (χ4n) is 1.04. The Bertz CT molecular complexity index is 370. The molecule has 0 aliphatic heterocycles. The molecular formula is C11H8Br2O2. The third-order valence-corrected chi connectivity index (χ3v) is 4.43. The topological polar surface area (TPSA) is 26.3 Å². The van der Waals surface area contributed by atoms with Crippen LogP contribution in [0.4, 0.5) is 0 Å². The highest BCUT2D eigenvalue weighted by atomic mass is 79.9. The molecule has 2 nitrogen and oxygen atoms in total. The van der Waals surface area contributed by atoms with Gasteiger partial charge in [-0.15, -0.1) is 0 Å². The molecule has 78 valence electrons. The van der Waals surface area contributed by atoms with Crippen molar-refractivity contribution in [3.8, 4) is 12.5 Å². The second-order valence-electron chi connectivity index (χ2n) is 2.75. The first-order valence-electron chi connectivity index (χ1n) is 4.16. The van der Waals surface area contributed by atoms with Crippen molar-refractivity contribution < 1.29 is 9.53 Å². The summed E-state index contributed by atoms with van der Waals surface area (Å²) in [5, 5.41) is 0. The molecule has 2 atom stereocenters. The third-order valence-electron chi connectivity index (χ3n) is 1.76. The molecule has 15 heavy (non-hydrogen) atoms. The van der Waals surface area contributed by atoms with Crippen molar-refractivity contribution in [2.24, 2.45) is 0 Å². The summed E-state index contributed by atoms with van der Waals surface area (Å²) in [5.74, 6) is -0.483. The van der Waals surface area contributed by atoms with Gasteiger partial charge in [-0.3, -0.25) is 0 Å². The lowest BCUT2D eigenvalue weighted by molar-refractivity contribution is -0.136. The van der Waals surface area contributed by atoms with E-state index in [1.807, 2.05) is 36.4 Å². The van der Waals surface area contributed by atoms with Crippen LogP contribution in [0.3, 0.4) is 0 Å². The summed E-state index contributed by atoms with van der Waals surface area (Å²) < 4.78 is 4.46. The zero-order valence-electron chi connectivity index (χ0n) is 7.69. The predicted octanol–water partition coefficient (Wildman–Crippen LogP) is 3.02. The quantitative estimate of drug-likeness (QED) is 0.483. The summed E-state index contributed by atoms with van der Waals surface area (Å²) in [7, 11) is 0. The number of hydrogen-bond acceptors (Lipinski definition) is 2. The number of benzene rings is 1. The predicted molar refractivity (Wildman–Crippen MR) is 65.8 cm³/mol. The van der Waals surface area contributed by atoms with Gasteiger partial charge in [0.1, 0.15) is 10.9 Å². The number of ether oxygens (including phenoxy) is 1. The number of carbonyl (C=O) groups excluding carboxylic acids is 1. The Kier molecular flexibility index (Phi) is 4.86. The molecule has 0 N–H and O–H groups in total. The smallest absolute Gasteiger partial charge is 0.335 e. The lowest BCUT2D eigenvalue weighted by atomic mass is 10.1. The first kappa shape index (κ1) is 12.3. The summed E-state index contributed by atoms with van der Waals surface area (Å²) in [6, 6.07) is 9.53. The van der Waals surface area contributed by atoms with E-state index in [1.165, 1.54) is 0 Å². The highest BCUT2D eigenvalue weighted by Gasteiger charge is 2.26. The Morgan fingerprint density at radius 2 is 1.93 bits per heavy atom. The van der Waals surface area contributed by atoms with Gasteiger partial charge < -0.3 is 4.74 Å². The van der Waals surface area contributed by atoms with Gasteiger partial charge in [0, 0.05) is 0 Å². The first-order valence-corrected chi connectivity index (χ1v) is 5.99. The van der Waals surface area contributed by atoms with Crippen molar-refractivity contribution in [1.29, 1.82) is 0 Å². The van der Waals surface area contributed by atoms with Gasteiger partial charge in [-0.2, -0.15) is 0 Å². The number of esters is 1. The van der Waals surface area contributed by atoms with Crippen molar-refractivity contribution in [2.45, 2.75) is 9.65 Å². The highest BCUT2D eigenvalue weighted by Crippen LogP contribution is 2.31. The maximum absolute atomic E-state index is 11.3. The summed E-state index contributed by atoms with van der Waals surface area (Å²) in [4.78, 5) is 10.6. The minimum absolute atomic E-state index is 0.167. The van der Waals surface area contributed by atoms with E-state index in [1.54, 1.807) is 0 Å². The zero-order valence-corrected chi connectivity index (χ0v) is 10.9. The zero-order chi connectivity index (χ0) is 11.3. The minimum atomic E-state index is -0.504. The molecule has 0 saturated carbocycles. The average molecular weight is 332 g/mol. The van der Waals surface area contributed by atoms with Gasteiger partial charge in [0.25, 0.3) is 0 Å². The van der Waals surface area contributed by atoms with E-state index in [4.69, 9.17) is 6.42 Å². The lowest BCUT2D eigenvalue weighted by Crippen LogP contribution is -2.20. The normalized spacial score (nSPS) is 13.7. The number of rotatable bonds is 3. The van der Waals surface area contributed by atoms with Gasteiger partial charge >= 0.3 is 5.97 Å². The van der Waals surface area contributed by atoms with Crippen LogP contribution in [0.15, 0.2) is 30.3 Å². The molecule has 0 aromatic heterocycles. The SMILES string of the molecule is C#COC(=O)C(Br)C(Br)c1ccccc1. The Morgan fingerprint density at radius 1 is 1.33 bits per heavy atom. The first-order chi connectivity index (χ1) is 7.16. The molecule has 1 aromatic rings. The summed E-state index contributed by atoms with van der Waals surface area (Å²) in [6.07, 6.45) is 6.73. The van der Waals surface area contributed by atoms with Gasteiger partial charge in [-0.25, -0.2) is 4.79 Å². The summed E-state index contributed by atoms with van der Waals surface area (Å²) >= 11 is 6.64. The van der Waals surface area contributed by atoms with Crippen LogP contribution in [0.25, 0.3) is 0 Å². The Labute approximate surface area is 105 Å². The van der Waals surface area contributed by atoms with Crippen LogP contribution in [0, 0.1) is 12.5 Å². The molecule has 0 radical (unpaired) electrons. The molecule has 1 rings (SSSR count). The van der Waals surface area contributed by atoms with Crippen LogP contribution < -0.4 is 0 Å². The number of alkyl halides is 2. The number of halogens is 2. The van der Waals surface area contributed by atoms with Gasteiger partial charge in [0.05, 0.1) is 4.83 Å². The standard InChI is InChI=1S/C11H8Br2O2/c1-2-15-11(14)10(13)9(12)8-6-4-3-5-7-8/h1,3-7,9-10H. The van der Waals surface area contributed by atoms with E-state index in [9.17, 15) is 4.79 Å². The second-order valence-corrected chi connectivity index (χ2v) is 4.73. The van der Waals surface area contributed by atoms with E-state index >= 15 is 0 Å². The monoisotopic (exact) mass is 330 g/mol. The largest absolute Gasteiger partial charge is 0.372 e. The van der Waals surface area contributed by atoms with Crippen LogP contribution in [0.1, 0.15) is 10.4 Å². The fourth-order valence-corrected chi connectivity index (χ4v) is 1.96. The molecule has 0 heterocycles. The summed E-state index contributed by atoms with van der Waals surface area (Å²) in [6.45, 7) is 0. The van der Waals surface area contributed by atoms with Crippen LogP contribution in [-0.2, 0) is 9.53 Å². The highest BCUT2D eigenvalue weighted by molar-refractivity contribution is 9.12. The van der Waals surface area contributed by atoms with Crippen LogP contribution in [0.5, 0.6) is 0 Å². The fraction of sp³-hybridized carbons (Fsp3) is 0.182. The van der Waals surface area contributed by atoms with Gasteiger partial charge in [-0.1, -0.05) is 68.6 Å². The maximum Gasteiger partial charge on any atom is 0.335 e. The van der Waals surface area contributed by atoms with Crippen molar-refractivity contribution in [2.75, 3.05) is 0 Å². The van der Waals surface area contributed by atoms with Crippen molar-refractivity contribution in [3.05, 3.63) is 35.9 Å². The third kappa shape index (κ3) is 3.37. The average Bonchev–Trinajstić information content (AvgIpc) is 2.28. The molecule has 2 unspecified atom stereocenters. The Hall–Kier alpha value is -0.790. The van der Waals surface area contributed by atoms with E-state index in [0.717, 1.165) is 5.56 Å². The molecule has 0 spiro atoms. The van der Waals surface area contributed by atoms with E-state index in [-0.39, 0.29) is 4.83 Å². The second kappa shape index (κ2) is 5.94. The number of terminal acetylenes is 1. The Balaban J connectivity index is 2.73. The van der Waals surface area contributed by atoms with E-state index in [0.29, 0.717) is 0 Å². The maximum atomic E-state index is 11.3. The minimum Gasteiger partial charge on any atom is -0.372 e. The van der Waals surface area contributed by atoms with Crippen LogP contribution in [0.2, 0.25) is 0 Å². The van der Waals surface area contributed by atoms with E-state index < -0.39 is 10.8 Å². The van der Waals surface area contributed by atoms with Crippen molar-refractivity contribution >= 4 is 37.8 Å². The lowest BCUT2D eigenvalue weighted by Gasteiger charge is -2.13. The molecular weight excluding hydrogens is 324 g/mol. The molecule has 0 saturated heterocycles. The van der Waals surface area contributed by atoms with Crippen LogP contribution >= 0.6 is 31.9 Å². The van der Waals surface area contributed by atoms with Gasteiger partial charge in [0.2, 0.25) is 0 Å². The molecule has 0 fully saturated rings. The Morgan fingerprint density at radius 3 is 2.47 bits per heavy atom. The molecule has 0 amide bonds. The van der Waals surface area contributed by atoms with Gasteiger partial charge in [0.15, 0.2) is 0 Å². The summed E-state index contributed by atoms with van der Waals surface area (Å²) in [5.41, 5.74) is 0.980. The number of hydrogen-bond donors (Lipinski definition) is 0. The molecule has 4 heteroatoms. The molecule has 0 aliphatic rings. The molecule has 1 aromatic carbocycles. The molecule has 0 bridgehead atoms. The van der Waals surface area contributed by atoms with Gasteiger partial charge in [-0.05, 0) is 5.56 Å². The van der Waals surface area contributed by atoms with Crippen LogP contribution in [-0.4, -0.2) is 10.8 Å². The molecule has 0 aliphatic carbocycles.